The predicted octanol–water partition coefficient (Wildman–Crippen LogP) is 3.64. The molecule has 0 radical (unpaired) electrons. The van der Waals surface area contributed by atoms with Crippen molar-refractivity contribution in [3.8, 4) is 11.4 Å². The first-order valence-electron chi connectivity index (χ1n) is 9.16. The number of pyridine rings is 2. The summed E-state index contributed by atoms with van der Waals surface area (Å²) in [5.74, 6) is 0.644. The number of amides is 2. The summed E-state index contributed by atoms with van der Waals surface area (Å²) in [5, 5.41) is 7.47. The van der Waals surface area contributed by atoms with E-state index in [2.05, 4.69) is 20.4 Å². The number of aryl methyl sites for hydroxylation is 1. The van der Waals surface area contributed by atoms with Crippen LogP contribution in [-0.2, 0) is 7.05 Å². The van der Waals surface area contributed by atoms with E-state index in [-0.39, 0.29) is 12.1 Å². The molecule has 0 bridgehead atoms. The predicted molar refractivity (Wildman–Crippen MR) is 103 cm³/mol. The second kappa shape index (κ2) is 7.57. The van der Waals surface area contributed by atoms with E-state index in [9.17, 15) is 4.79 Å². The zero-order valence-electron chi connectivity index (χ0n) is 15.2. The second-order valence-electron chi connectivity index (χ2n) is 6.64. The number of hydrogen-bond donors (Lipinski definition) is 1. The average molecular weight is 362 g/mol. The fourth-order valence-electron chi connectivity index (χ4n) is 3.46. The van der Waals surface area contributed by atoms with Crippen LogP contribution >= 0.6 is 0 Å². The molecule has 1 atom stereocenters. The molecule has 3 aromatic rings. The van der Waals surface area contributed by atoms with Gasteiger partial charge in [0.15, 0.2) is 0 Å². The van der Waals surface area contributed by atoms with Gasteiger partial charge < -0.3 is 4.90 Å². The van der Waals surface area contributed by atoms with E-state index < -0.39 is 0 Å². The molecule has 1 N–H and O–H groups in total. The third kappa shape index (κ3) is 3.67. The fraction of sp³-hybridized carbons (Fsp3) is 0.300. The highest BCUT2D eigenvalue weighted by molar-refractivity contribution is 5.89. The van der Waals surface area contributed by atoms with Gasteiger partial charge >= 0.3 is 6.03 Å². The molecule has 138 valence electrons. The molecule has 4 rings (SSSR count). The van der Waals surface area contributed by atoms with Crippen LogP contribution in [0, 0.1) is 0 Å². The van der Waals surface area contributed by atoms with Gasteiger partial charge in [0.1, 0.15) is 11.5 Å². The molecule has 4 heterocycles. The highest BCUT2D eigenvalue weighted by Crippen LogP contribution is 2.30. The van der Waals surface area contributed by atoms with Gasteiger partial charge in [0.25, 0.3) is 0 Å². The largest absolute Gasteiger partial charge is 0.323 e. The van der Waals surface area contributed by atoms with E-state index in [1.165, 1.54) is 0 Å². The molecule has 1 aliphatic heterocycles. The summed E-state index contributed by atoms with van der Waals surface area (Å²) < 4.78 is 1.67. The lowest BCUT2D eigenvalue weighted by atomic mass is 9.99. The molecule has 27 heavy (non-hydrogen) atoms. The Morgan fingerprint density at radius 2 is 1.89 bits per heavy atom. The highest BCUT2D eigenvalue weighted by atomic mass is 16.2. The topological polar surface area (TPSA) is 75.9 Å². The first-order chi connectivity index (χ1) is 13.2. The van der Waals surface area contributed by atoms with Gasteiger partial charge in [-0.3, -0.25) is 20.0 Å². The Balaban J connectivity index is 1.54. The maximum atomic E-state index is 13.0. The Labute approximate surface area is 158 Å². The van der Waals surface area contributed by atoms with Gasteiger partial charge in [-0.1, -0.05) is 12.1 Å². The molecule has 2 amide bonds. The summed E-state index contributed by atoms with van der Waals surface area (Å²) >= 11 is 0. The van der Waals surface area contributed by atoms with Crippen molar-refractivity contribution in [2.24, 2.45) is 7.05 Å². The zero-order valence-corrected chi connectivity index (χ0v) is 15.2. The number of carbonyl (C=O) groups is 1. The summed E-state index contributed by atoms with van der Waals surface area (Å²) in [7, 11) is 1.81. The lowest BCUT2D eigenvalue weighted by molar-refractivity contribution is 0.161. The standard InChI is InChI=1S/C20H22N6O/c1-25-19(14-17(24-25)15-8-2-5-11-21-15)23-20(27)26-13-7-4-10-18(26)16-9-3-6-12-22-16/h2-3,5-6,8-9,11-12,14,18H,4,7,10,13H2,1H3,(H,23,27). The van der Waals surface area contributed by atoms with Crippen molar-refractivity contribution in [1.82, 2.24) is 24.6 Å². The number of carbonyl (C=O) groups excluding carboxylic acids is 1. The Bertz CT molecular complexity index is 909. The molecule has 0 aliphatic carbocycles. The molecule has 1 aliphatic rings. The van der Waals surface area contributed by atoms with Crippen molar-refractivity contribution in [2.45, 2.75) is 25.3 Å². The molecular weight excluding hydrogens is 340 g/mol. The van der Waals surface area contributed by atoms with Gasteiger partial charge in [-0.05, 0) is 43.5 Å². The zero-order chi connectivity index (χ0) is 18.6. The van der Waals surface area contributed by atoms with Crippen molar-refractivity contribution < 1.29 is 4.79 Å². The van der Waals surface area contributed by atoms with E-state index in [0.717, 1.165) is 42.9 Å². The summed E-state index contributed by atoms with van der Waals surface area (Å²) in [6.07, 6.45) is 6.53. The molecular formula is C20H22N6O. The Morgan fingerprint density at radius 1 is 1.07 bits per heavy atom. The minimum absolute atomic E-state index is 0.00318. The van der Waals surface area contributed by atoms with Gasteiger partial charge in [-0.15, -0.1) is 0 Å². The van der Waals surface area contributed by atoms with Crippen molar-refractivity contribution in [1.29, 1.82) is 0 Å². The van der Waals surface area contributed by atoms with Crippen LogP contribution in [0.1, 0.15) is 31.0 Å². The van der Waals surface area contributed by atoms with Crippen molar-refractivity contribution in [3.05, 3.63) is 60.6 Å². The van der Waals surface area contributed by atoms with E-state index in [0.29, 0.717) is 5.82 Å². The van der Waals surface area contributed by atoms with Crippen LogP contribution in [0.2, 0.25) is 0 Å². The SMILES string of the molecule is Cn1nc(-c2ccccn2)cc1NC(=O)N1CCCCC1c1ccccn1. The number of hydrogen-bond acceptors (Lipinski definition) is 4. The van der Waals surface area contributed by atoms with Gasteiger partial charge in [0, 0.05) is 32.1 Å². The number of rotatable bonds is 3. The first kappa shape index (κ1) is 17.2. The summed E-state index contributed by atoms with van der Waals surface area (Å²) in [6, 6.07) is 13.3. The maximum Gasteiger partial charge on any atom is 0.323 e. The minimum atomic E-state index is -0.124. The molecule has 7 nitrogen and oxygen atoms in total. The van der Waals surface area contributed by atoms with Gasteiger partial charge in [0.05, 0.1) is 17.4 Å². The van der Waals surface area contributed by atoms with E-state index in [1.807, 2.05) is 54.4 Å². The number of piperidine rings is 1. The van der Waals surface area contributed by atoms with Crippen LogP contribution in [0.4, 0.5) is 10.6 Å². The van der Waals surface area contributed by atoms with Crippen LogP contribution in [0.5, 0.6) is 0 Å². The number of nitrogens with zero attached hydrogens (tertiary/aromatic N) is 5. The van der Waals surface area contributed by atoms with Crippen LogP contribution in [-0.4, -0.2) is 37.2 Å². The number of aromatic nitrogens is 4. The first-order valence-corrected chi connectivity index (χ1v) is 9.16. The molecule has 0 saturated carbocycles. The molecule has 0 aromatic carbocycles. The van der Waals surface area contributed by atoms with E-state index >= 15 is 0 Å². The monoisotopic (exact) mass is 362 g/mol. The molecule has 1 fully saturated rings. The third-order valence-corrected chi connectivity index (χ3v) is 4.83. The lowest BCUT2D eigenvalue weighted by Crippen LogP contribution is -2.41. The summed E-state index contributed by atoms with van der Waals surface area (Å²) in [4.78, 5) is 23.6. The lowest BCUT2D eigenvalue weighted by Gasteiger charge is -2.35. The molecule has 3 aromatic heterocycles. The Kier molecular flexibility index (Phi) is 4.82. The number of anilines is 1. The highest BCUT2D eigenvalue weighted by Gasteiger charge is 2.29. The number of likely N-dealkylation sites (tertiary alicyclic amines) is 1. The smallest absolute Gasteiger partial charge is 0.316 e. The van der Waals surface area contributed by atoms with Gasteiger partial charge in [-0.25, -0.2) is 4.79 Å². The van der Waals surface area contributed by atoms with Crippen molar-refractivity contribution in [2.75, 3.05) is 11.9 Å². The second-order valence-corrected chi connectivity index (χ2v) is 6.64. The maximum absolute atomic E-state index is 13.0. The Morgan fingerprint density at radius 3 is 2.63 bits per heavy atom. The van der Waals surface area contributed by atoms with Crippen molar-refractivity contribution >= 4 is 11.8 Å². The molecule has 1 saturated heterocycles. The quantitative estimate of drug-likeness (QED) is 0.772. The van der Waals surface area contributed by atoms with Crippen LogP contribution in [0.25, 0.3) is 11.4 Å². The molecule has 0 spiro atoms. The number of urea groups is 1. The van der Waals surface area contributed by atoms with E-state index in [4.69, 9.17) is 0 Å². The normalized spacial score (nSPS) is 16.9. The van der Waals surface area contributed by atoms with Crippen LogP contribution in [0.15, 0.2) is 54.9 Å². The van der Waals surface area contributed by atoms with Crippen LogP contribution in [0.3, 0.4) is 0 Å². The molecule has 1 unspecified atom stereocenters. The van der Waals surface area contributed by atoms with Crippen molar-refractivity contribution in [3.63, 3.8) is 0 Å². The summed E-state index contributed by atoms with van der Waals surface area (Å²) in [5.41, 5.74) is 2.44. The summed E-state index contributed by atoms with van der Waals surface area (Å²) in [6.45, 7) is 0.720. The average Bonchev–Trinajstić information content (AvgIpc) is 3.09. The number of nitrogens with one attached hydrogen (secondary N) is 1. The van der Waals surface area contributed by atoms with Gasteiger partial charge in [-0.2, -0.15) is 5.10 Å². The third-order valence-electron chi connectivity index (χ3n) is 4.83. The van der Waals surface area contributed by atoms with Gasteiger partial charge in [0.2, 0.25) is 0 Å². The Hall–Kier alpha value is -3.22. The molecule has 7 heteroatoms. The van der Waals surface area contributed by atoms with Crippen LogP contribution < -0.4 is 5.32 Å². The minimum Gasteiger partial charge on any atom is -0.316 e. The fourth-order valence-corrected chi connectivity index (χ4v) is 3.46. The van der Waals surface area contributed by atoms with E-state index in [1.54, 1.807) is 17.1 Å².